The Bertz CT molecular complexity index is 741. The van der Waals surface area contributed by atoms with Crippen LogP contribution < -0.4 is 5.43 Å². The number of hydrogen-bond acceptors (Lipinski definition) is 4. The van der Waals surface area contributed by atoms with Crippen molar-refractivity contribution in [2.24, 2.45) is 0 Å². The van der Waals surface area contributed by atoms with Crippen LogP contribution in [0.2, 0.25) is 0 Å². The number of rotatable bonds is 1. The number of carbonyl (C=O) groups is 2. The Labute approximate surface area is 108 Å². The van der Waals surface area contributed by atoms with Crippen LogP contribution in [0.4, 0.5) is 0 Å². The zero-order chi connectivity index (χ0) is 13.6. The molecule has 0 saturated carbocycles. The maximum Gasteiger partial charge on any atom is 0.236 e. The van der Waals surface area contributed by atoms with Crippen molar-refractivity contribution < 1.29 is 14.0 Å². The van der Waals surface area contributed by atoms with Crippen molar-refractivity contribution >= 4 is 22.8 Å². The highest BCUT2D eigenvalue weighted by atomic mass is 16.3. The third kappa shape index (κ3) is 1.66. The normalized spacial score (nSPS) is 19.4. The summed E-state index contributed by atoms with van der Waals surface area (Å²) in [5, 5.41) is 0.381. The highest BCUT2D eigenvalue weighted by Gasteiger charge is 2.38. The molecule has 0 bridgehead atoms. The summed E-state index contributed by atoms with van der Waals surface area (Å²) in [6, 6.07) is 6.41. The lowest BCUT2D eigenvalue weighted by molar-refractivity contribution is -0.137. The fraction of sp³-hybridized carbons (Fsp3) is 0.214. The Morgan fingerprint density at radius 1 is 1.21 bits per heavy atom. The van der Waals surface area contributed by atoms with Crippen LogP contribution in [-0.4, -0.2) is 23.8 Å². The van der Waals surface area contributed by atoms with Gasteiger partial charge in [-0.3, -0.25) is 19.3 Å². The van der Waals surface area contributed by atoms with Crippen LogP contribution >= 0.6 is 0 Å². The molecule has 2 heterocycles. The number of fused-ring (bicyclic) bond motifs is 1. The third-order valence-corrected chi connectivity index (χ3v) is 3.48. The van der Waals surface area contributed by atoms with E-state index in [1.54, 1.807) is 18.2 Å². The predicted octanol–water partition coefficient (Wildman–Crippen LogP) is 1.27. The maximum absolute atomic E-state index is 12.0. The van der Waals surface area contributed by atoms with Crippen LogP contribution in [0, 0.1) is 0 Å². The van der Waals surface area contributed by atoms with E-state index in [1.165, 1.54) is 19.4 Å². The van der Waals surface area contributed by atoms with E-state index in [-0.39, 0.29) is 23.7 Å². The minimum atomic E-state index is -0.591. The number of carbonyl (C=O) groups excluding carboxylic acids is 2. The Balaban J connectivity index is 2.25. The summed E-state index contributed by atoms with van der Waals surface area (Å²) in [5.41, 5.74) is 0.793. The van der Waals surface area contributed by atoms with Gasteiger partial charge in [-0.25, -0.2) is 0 Å². The number of benzene rings is 1. The number of amides is 2. The van der Waals surface area contributed by atoms with Crippen molar-refractivity contribution in [1.29, 1.82) is 0 Å². The molecule has 1 fully saturated rings. The fourth-order valence-electron chi connectivity index (χ4n) is 2.45. The third-order valence-electron chi connectivity index (χ3n) is 3.48. The lowest BCUT2D eigenvalue weighted by Gasteiger charge is -2.10. The molecule has 2 amide bonds. The first-order chi connectivity index (χ1) is 9.09. The summed E-state index contributed by atoms with van der Waals surface area (Å²) in [6.07, 6.45) is 1.42. The van der Waals surface area contributed by atoms with Crippen molar-refractivity contribution in [3.63, 3.8) is 0 Å². The van der Waals surface area contributed by atoms with E-state index in [1.807, 2.05) is 0 Å². The van der Waals surface area contributed by atoms with Crippen LogP contribution in [0.25, 0.3) is 11.0 Å². The maximum atomic E-state index is 12.0. The molecule has 0 aliphatic carbocycles. The molecule has 1 saturated heterocycles. The highest BCUT2D eigenvalue weighted by Crippen LogP contribution is 2.32. The molecule has 1 aliphatic rings. The minimum absolute atomic E-state index is 0.1000. The van der Waals surface area contributed by atoms with Gasteiger partial charge in [0.05, 0.1) is 17.6 Å². The molecule has 5 nitrogen and oxygen atoms in total. The van der Waals surface area contributed by atoms with Crippen molar-refractivity contribution in [1.82, 2.24) is 4.90 Å². The summed E-state index contributed by atoms with van der Waals surface area (Å²) in [4.78, 5) is 36.7. The Kier molecular flexibility index (Phi) is 2.48. The molecule has 3 rings (SSSR count). The molecule has 19 heavy (non-hydrogen) atoms. The second-order valence-corrected chi connectivity index (χ2v) is 4.55. The standard InChI is InChI=1S/C14H11NO4/c1-15-12(17)7-9(14(15)18)8-3-2-4-11-13(8)10(16)5-6-19-11/h2-6,9H,7H2,1H3. The summed E-state index contributed by atoms with van der Waals surface area (Å²) >= 11 is 0. The van der Waals surface area contributed by atoms with E-state index >= 15 is 0 Å². The Hall–Kier alpha value is -2.43. The van der Waals surface area contributed by atoms with Crippen molar-refractivity contribution in [3.8, 4) is 0 Å². The molecule has 2 aromatic rings. The average molecular weight is 257 g/mol. The Morgan fingerprint density at radius 3 is 2.68 bits per heavy atom. The first-order valence-electron chi connectivity index (χ1n) is 5.90. The van der Waals surface area contributed by atoms with E-state index < -0.39 is 5.92 Å². The highest BCUT2D eigenvalue weighted by molar-refractivity contribution is 6.07. The zero-order valence-electron chi connectivity index (χ0n) is 10.3. The topological polar surface area (TPSA) is 67.6 Å². The van der Waals surface area contributed by atoms with Crippen LogP contribution in [0.5, 0.6) is 0 Å². The number of imide groups is 1. The van der Waals surface area contributed by atoms with E-state index in [4.69, 9.17) is 4.42 Å². The largest absolute Gasteiger partial charge is 0.464 e. The molecule has 0 spiro atoms. The van der Waals surface area contributed by atoms with Gasteiger partial charge in [-0.2, -0.15) is 0 Å². The first-order valence-corrected chi connectivity index (χ1v) is 5.90. The fourth-order valence-corrected chi connectivity index (χ4v) is 2.45. The molecular weight excluding hydrogens is 246 g/mol. The molecule has 1 aliphatic heterocycles. The van der Waals surface area contributed by atoms with E-state index in [9.17, 15) is 14.4 Å². The van der Waals surface area contributed by atoms with Gasteiger partial charge < -0.3 is 4.42 Å². The van der Waals surface area contributed by atoms with Gasteiger partial charge in [0.1, 0.15) is 5.58 Å². The first kappa shape index (κ1) is 11.6. The molecule has 1 aromatic carbocycles. The zero-order valence-corrected chi connectivity index (χ0v) is 10.3. The van der Waals surface area contributed by atoms with Gasteiger partial charge in [-0.1, -0.05) is 12.1 Å². The quantitative estimate of drug-likeness (QED) is 0.721. The van der Waals surface area contributed by atoms with Crippen molar-refractivity contribution in [2.45, 2.75) is 12.3 Å². The number of hydrogen-bond donors (Lipinski definition) is 0. The predicted molar refractivity (Wildman–Crippen MR) is 67.6 cm³/mol. The van der Waals surface area contributed by atoms with E-state index in [0.29, 0.717) is 16.5 Å². The molecule has 96 valence electrons. The summed E-state index contributed by atoms with van der Waals surface area (Å²) in [6.45, 7) is 0. The summed E-state index contributed by atoms with van der Waals surface area (Å²) < 4.78 is 5.27. The van der Waals surface area contributed by atoms with Crippen LogP contribution in [0.15, 0.2) is 39.7 Å². The second kappa shape index (κ2) is 4.05. The van der Waals surface area contributed by atoms with Gasteiger partial charge in [-0.05, 0) is 11.6 Å². The van der Waals surface area contributed by atoms with Crippen LogP contribution in [-0.2, 0) is 9.59 Å². The monoisotopic (exact) mass is 257 g/mol. The molecule has 1 atom stereocenters. The number of likely N-dealkylation sites (tertiary alicyclic amines) is 1. The number of nitrogens with zero attached hydrogens (tertiary/aromatic N) is 1. The SMILES string of the molecule is CN1C(=O)CC(c2cccc3occc(=O)c23)C1=O. The summed E-state index contributed by atoms with van der Waals surface area (Å²) in [5.74, 6) is -1.10. The average Bonchev–Trinajstić information content (AvgIpc) is 2.66. The van der Waals surface area contributed by atoms with Gasteiger partial charge >= 0.3 is 0 Å². The lowest BCUT2D eigenvalue weighted by atomic mass is 9.94. The van der Waals surface area contributed by atoms with Crippen molar-refractivity contribution in [3.05, 3.63) is 46.3 Å². The molecule has 1 aromatic heterocycles. The van der Waals surface area contributed by atoms with Gasteiger partial charge in [0.15, 0.2) is 5.43 Å². The Morgan fingerprint density at radius 2 is 2.00 bits per heavy atom. The molecule has 0 radical (unpaired) electrons. The molecule has 1 unspecified atom stereocenters. The smallest absolute Gasteiger partial charge is 0.236 e. The summed E-state index contributed by atoms with van der Waals surface area (Å²) in [7, 11) is 1.46. The molecule has 5 heteroatoms. The molecule has 0 N–H and O–H groups in total. The van der Waals surface area contributed by atoms with Gasteiger partial charge in [0, 0.05) is 19.5 Å². The molecular formula is C14H11NO4. The lowest BCUT2D eigenvalue weighted by Crippen LogP contribution is -2.25. The van der Waals surface area contributed by atoms with E-state index in [0.717, 1.165) is 4.90 Å². The van der Waals surface area contributed by atoms with Crippen molar-refractivity contribution in [2.75, 3.05) is 7.05 Å². The van der Waals surface area contributed by atoms with Gasteiger partial charge in [-0.15, -0.1) is 0 Å². The van der Waals surface area contributed by atoms with Crippen LogP contribution in [0.3, 0.4) is 0 Å². The van der Waals surface area contributed by atoms with E-state index in [2.05, 4.69) is 0 Å². The van der Waals surface area contributed by atoms with Gasteiger partial charge in [0.2, 0.25) is 11.8 Å². The van der Waals surface area contributed by atoms with Gasteiger partial charge in [0.25, 0.3) is 0 Å². The number of likely N-dealkylation sites (N-methyl/N-ethyl adjacent to an activating group) is 1. The van der Waals surface area contributed by atoms with Crippen LogP contribution in [0.1, 0.15) is 17.9 Å². The minimum Gasteiger partial charge on any atom is -0.464 e. The second-order valence-electron chi connectivity index (χ2n) is 4.55.